The fourth-order valence-electron chi connectivity index (χ4n) is 2.72. The largest absolute Gasteiger partial charge is 0.456 e. The molecule has 9 heteroatoms. The minimum Gasteiger partial charge on any atom is -0.456 e. The fourth-order valence-corrected chi connectivity index (χ4v) is 2.72. The Balaban J connectivity index is 1.66. The number of halogens is 3. The molecule has 0 aliphatic rings. The summed E-state index contributed by atoms with van der Waals surface area (Å²) in [4.78, 5) is 35.5. The standard InChI is InChI=1S/C22H23F3N2O4/c1-15(16-7-3-2-4-8-16)26-20(29)14-31-21(30)12-6-11-19(28)27-18-10-5-9-17(13-18)22(23,24)25/h2-5,7-10,13,15H,6,11-12,14H2,1H3,(H,26,29)(H,27,28)/t15-/m1/s1. The van der Waals surface area contributed by atoms with Crippen LogP contribution in [0.4, 0.5) is 18.9 Å². The smallest absolute Gasteiger partial charge is 0.416 e. The maximum absolute atomic E-state index is 12.7. The average Bonchev–Trinajstić information content (AvgIpc) is 2.72. The lowest BCUT2D eigenvalue weighted by Crippen LogP contribution is -2.31. The van der Waals surface area contributed by atoms with Crippen LogP contribution in [-0.2, 0) is 25.3 Å². The third kappa shape index (κ3) is 8.49. The van der Waals surface area contributed by atoms with Crippen LogP contribution in [0.5, 0.6) is 0 Å². The Morgan fingerprint density at radius 1 is 0.968 bits per heavy atom. The van der Waals surface area contributed by atoms with Gasteiger partial charge in [-0.1, -0.05) is 36.4 Å². The molecule has 2 amide bonds. The molecule has 2 N–H and O–H groups in total. The monoisotopic (exact) mass is 436 g/mol. The molecule has 2 rings (SSSR count). The van der Waals surface area contributed by atoms with E-state index in [1.807, 2.05) is 30.3 Å². The van der Waals surface area contributed by atoms with Crippen molar-refractivity contribution >= 4 is 23.5 Å². The molecule has 0 saturated heterocycles. The molecule has 0 fully saturated rings. The van der Waals surface area contributed by atoms with Gasteiger partial charge in [0.1, 0.15) is 0 Å². The quantitative estimate of drug-likeness (QED) is 0.576. The number of carbonyl (C=O) groups is 3. The van der Waals surface area contributed by atoms with E-state index in [2.05, 4.69) is 10.6 Å². The topological polar surface area (TPSA) is 84.5 Å². The molecular weight excluding hydrogens is 413 g/mol. The highest BCUT2D eigenvalue weighted by molar-refractivity contribution is 5.91. The maximum atomic E-state index is 12.7. The van der Waals surface area contributed by atoms with E-state index in [9.17, 15) is 27.6 Å². The van der Waals surface area contributed by atoms with Crippen LogP contribution in [0.1, 0.15) is 43.4 Å². The summed E-state index contributed by atoms with van der Waals surface area (Å²) < 4.78 is 43.0. The van der Waals surface area contributed by atoms with Gasteiger partial charge in [-0.15, -0.1) is 0 Å². The summed E-state index contributed by atoms with van der Waals surface area (Å²) in [5, 5.41) is 5.07. The number of nitrogens with one attached hydrogen (secondary N) is 2. The molecule has 0 radical (unpaired) electrons. The fraction of sp³-hybridized carbons (Fsp3) is 0.318. The summed E-state index contributed by atoms with van der Waals surface area (Å²) in [5.74, 6) is -1.62. The van der Waals surface area contributed by atoms with E-state index >= 15 is 0 Å². The number of rotatable bonds is 9. The maximum Gasteiger partial charge on any atom is 0.416 e. The lowest BCUT2D eigenvalue weighted by atomic mass is 10.1. The van der Waals surface area contributed by atoms with E-state index in [4.69, 9.17) is 4.74 Å². The normalized spacial score (nSPS) is 12.0. The van der Waals surface area contributed by atoms with Crippen molar-refractivity contribution in [3.05, 3.63) is 65.7 Å². The minimum absolute atomic E-state index is 0.0200. The number of amides is 2. The number of ether oxygens (including phenoxy) is 1. The summed E-state index contributed by atoms with van der Waals surface area (Å²) in [5.41, 5.74) is 0.0642. The molecule has 31 heavy (non-hydrogen) atoms. The molecule has 1 atom stereocenters. The van der Waals surface area contributed by atoms with Gasteiger partial charge in [-0.2, -0.15) is 13.2 Å². The Morgan fingerprint density at radius 3 is 2.35 bits per heavy atom. The first-order chi connectivity index (χ1) is 14.6. The van der Waals surface area contributed by atoms with Gasteiger partial charge < -0.3 is 15.4 Å². The molecule has 2 aromatic rings. The van der Waals surface area contributed by atoms with E-state index in [-0.39, 0.29) is 31.0 Å². The zero-order valence-electron chi connectivity index (χ0n) is 16.9. The highest BCUT2D eigenvalue weighted by Gasteiger charge is 2.30. The van der Waals surface area contributed by atoms with Crippen molar-refractivity contribution in [1.29, 1.82) is 0 Å². The van der Waals surface area contributed by atoms with E-state index in [1.54, 1.807) is 6.92 Å². The van der Waals surface area contributed by atoms with Gasteiger partial charge >= 0.3 is 12.1 Å². The molecule has 166 valence electrons. The number of esters is 1. The number of hydrogen-bond acceptors (Lipinski definition) is 4. The first kappa shape index (κ1) is 23.9. The van der Waals surface area contributed by atoms with Crippen molar-refractivity contribution in [2.45, 2.75) is 38.4 Å². The number of benzene rings is 2. The number of alkyl halides is 3. The van der Waals surface area contributed by atoms with Crippen molar-refractivity contribution in [3.63, 3.8) is 0 Å². The van der Waals surface area contributed by atoms with Gasteiger partial charge in [0.15, 0.2) is 6.61 Å². The van der Waals surface area contributed by atoms with Gasteiger partial charge in [-0.25, -0.2) is 0 Å². The average molecular weight is 436 g/mol. The van der Waals surface area contributed by atoms with Gasteiger partial charge in [0.25, 0.3) is 5.91 Å². The van der Waals surface area contributed by atoms with Crippen molar-refractivity contribution in [2.24, 2.45) is 0 Å². The predicted molar refractivity (Wildman–Crippen MR) is 108 cm³/mol. The summed E-state index contributed by atoms with van der Waals surface area (Å²) in [6, 6.07) is 13.3. The Kier molecular flexibility index (Phi) is 8.60. The van der Waals surface area contributed by atoms with Crippen molar-refractivity contribution in [2.75, 3.05) is 11.9 Å². The van der Waals surface area contributed by atoms with Crippen LogP contribution in [0, 0.1) is 0 Å². The minimum atomic E-state index is -4.50. The third-order valence-corrected chi connectivity index (χ3v) is 4.30. The zero-order chi connectivity index (χ0) is 22.9. The van der Waals surface area contributed by atoms with E-state index in [1.165, 1.54) is 12.1 Å². The van der Waals surface area contributed by atoms with Crippen LogP contribution < -0.4 is 10.6 Å². The second kappa shape index (κ2) is 11.1. The highest BCUT2D eigenvalue weighted by atomic mass is 19.4. The second-order valence-electron chi connectivity index (χ2n) is 6.84. The Bertz CT molecular complexity index is 901. The molecule has 0 saturated carbocycles. The van der Waals surface area contributed by atoms with Crippen molar-refractivity contribution < 1.29 is 32.3 Å². The molecule has 0 aliphatic heterocycles. The number of anilines is 1. The lowest BCUT2D eigenvalue weighted by Gasteiger charge is -2.14. The first-order valence-corrected chi connectivity index (χ1v) is 9.62. The molecule has 0 unspecified atom stereocenters. The molecule has 0 heterocycles. The zero-order valence-corrected chi connectivity index (χ0v) is 16.9. The highest BCUT2D eigenvalue weighted by Crippen LogP contribution is 2.30. The first-order valence-electron chi connectivity index (χ1n) is 9.62. The van der Waals surface area contributed by atoms with Crippen LogP contribution in [0.3, 0.4) is 0 Å². The van der Waals surface area contributed by atoms with E-state index in [0.29, 0.717) is 0 Å². The Labute approximate surface area is 177 Å². The number of carbonyl (C=O) groups excluding carboxylic acids is 3. The molecular formula is C22H23F3N2O4. The van der Waals surface area contributed by atoms with Crippen LogP contribution in [0.15, 0.2) is 54.6 Å². The van der Waals surface area contributed by atoms with Crippen LogP contribution in [0.25, 0.3) is 0 Å². The molecule has 2 aromatic carbocycles. The SMILES string of the molecule is C[C@@H](NC(=O)COC(=O)CCCC(=O)Nc1cccc(C(F)(F)F)c1)c1ccccc1. The Hall–Kier alpha value is -3.36. The van der Waals surface area contributed by atoms with E-state index < -0.39 is 36.1 Å². The van der Waals surface area contributed by atoms with Crippen molar-refractivity contribution in [3.8, 4) is 0 Å². The molecule has 0 spiro atoms. The predicted octanol–water partition coefficient (Wildman–Crippen LogP) is 4.23. The van der Waals surface area contributed by atoms with Crippen LogP contribution >= 0.6 is 0 Å². The Morgan fingerprint density at radius 2 is 1.68 bits per heavy atom. The van der Waals surface area contributed by atoms with Crippen LogP contribution in [0.2, 0.25) is 0 Å². The summed E-state index contributed by atoms with van der Waals surface area (Å²) in [7, 11) is 0. The molecule has 0 bridgehead atoms. The number of hydrogen-bond donors (Lipinski definition) is 2. The summed E-state index contributed by atoms with van der Waals surface area (Å²) in [6.45, 7) is 1.37. The van der Waals surface area contributed by atoms with Gasteiger partial charge in [-0.05, 0) is 37.1 Å². The molecule has 0 aromatic heterocycles. The van der Waals surface area contributed by atoms with Crippen LogP contribution in [-0.4, -0.2) is 24.4 Å². The third-order valence-electron chi connectivity index (χ3n) is 4.30. The van der Waals surface area contributed by atoms with E-state index in [0.717, 1.165) is 17.7 Å². The van der Waals surface area contributed by atoms with Crippen molar-refractivity contribution in [1.82, 2.24) is 5.32 Å². The van der Waals surface area contributed by atoms with Gasteiger partial charge in [0, 0.05) is 18.5 Å². The second-order valence-corrected chi connectivity index (χ2v) is 6.84. The lowest BCUT2D eigenvalue weighted by molar-refractivity contribution is -0.148. The molecule has 6 nitrogen and oxygen atoms in total. The van der Waals surface area contributed by atoms with Gasteiger partial charge in [0.05, 0.1) is 11.6 Å². The molecule has 0 aliphatic carbocycles. The summed E-state index contributed by atoms with van der Waals surface area (Å²) in [6.07, 6.45) is -4.55. The summed E-state index contributed by atoms with van der Waals surface area (Å²) >= 11 is 0. The van der Waals surface area contributed by atoms with Gasteiger partial charge in [0.2, 0.25) is 5.91 Å². The van der Waals surface area contributed by atoms with Gasteiger partial charge in [-0.3, -0.25) is 14.4 Å².